The molecule has 2 aromatic rings. The van der Waals surface area contributed by atoms with E-state index in [4.69, 9.17) is 8.94 Å². The van der Waals surface area contributed by atoms with Crippen LogP contribution in [0.25, 0.3) is 0 Å². The molecule has 3 N–H and O–H groups in total. The second kappa shape index (κ2) is 7.28. The lowest BCUT2D eigenvalue weighted by Gasteiger charge is -2.21. The van der Waals surface area contributed by atoms with Gasteiger partial charge in [0.25, 0.3) is 0 Å². The first-order valence-electron chi connectivity index (χ1n) is 7.47. The third-order valence-corrected chi connectivity index (χ3v) is 3.29. The number of hydrogen-bond donors (Lipinski definition) is 3. The van der Waals surface area contributed by atoms with Crippen molar-refractivity contribution in [3.8, 4) is 0 Å². The molecule has 2 amide bonds. The number of urea groups is 1. The zero-order valence-corrected chi connectivity index (χ0v) is 13.5. The summed E-state index contributed by atoms with van der Waals surface area (Å²) in [7, 11) is 0. The van der Waals surface area contributed by atoms with Crippen LogP contribution in [-0.4, -0.2) is 34.4 Å². The smallest absolute Gasteiger partial charge is 0.314 e. The van der Waals surface area contributed by atoms with Crippen LogP contribution in [0.4, 0.5) is 4.79 Å². The molecule has 0 aromatic carbocycles. The van der Waals surface area contributed by atoms with Crippen LogP contribution in [0.1, 0.15) is 36.6 Å². The fourth-order valence-electron chi connectivity index (χ4n) is 2.01. The number of rotatable bonds is 7. The van der Waals surface area contributed by atoms with Crippen molar-refractivity contribution in [1.82, 2.24) is 20.8 Å². The van der Waals surface area contributed by atoms with Gasteiger partial charge in [-0.15, -0.1) is 0 Å². The minimum absolute atomic E-state index is 0.0502. The topological polar surface area (TPSA) is 113 Å². The summed E-state index contributed by atoms with van der Waals surface area (Å²) in [5.74, 6) is 2.28. The Morgan fingerprint density at radius 1 is 1.35 bits per heavy atom. The first-order valence-corrected chi connectivity index (χ1v) is 7.47. The van der Waals surface area contributed by atoms with Crippen molar-refractivity contribution in [3.63, 3.8) is 0 Å². The highest BCUT2D eigenvalue weighted by Gasteiger charge is 2.27. The van der Waals surface area contributed by atoms with E-state index in [0.29, 0.717) is 42.6 Å². The average Bonchev–Trinajstić information content (AvgIpc) is 3.10. The number of carbonyl (C=O) groups is 1. The van der Waals surface area contributed by atoms with E-state index in [9.17, 15) is 9.90 Å². The van der Waals surface area contributed by atoms with E-state index in [-0.39, 0.29) is 12.6 Å². The van der Waals surface area contributed by atoms with E-state index < -0.39 is 5.60 Å². The first kappa shape index (κ1) is 17.0. The maximum Gasteiger partial charge on any atom is 0.314 e. The number of nitrogens with zero attached hydrogens (tertiary/aromatic N) is 2. The number of hydrogen-bond acceptors (Lipinski definition) is 6. The van der Waals surface area contributed by atoms with Gasteiger partial charge in [0.2, 0.25) is 5.89 Å². The highest BCUT2D eigenvalue weighted by atomic mass is 16.5. The Balaban J connectivity index is 1.66. The second-order valence-corrected chi connectivity index (χ2v) is 5.63. The molecule has 2 aromatic heterocycles. The lowest BCUT2D eigenvalue weighted by molar-refractivity contribution is 0.0360. The predicted molar refractivity (Wildman–Crippen MR) is 81.8 cm³/mol. The van der Waals surface area contributed by atoms with Crippen molar-refractivity contribution >= 4 is 6.03 Å². The molecular formula is C15H22N4O4. The Bertz CT molecular complexity index is 647. The van der Waals surface area contributed by atoms with Crippen LogP contribution in [0, 0.1) is 13.8 Å². The summed E-state index contributed by atoms with van der Waals surface area (Å²) in [5, 5.41) is 19.3. The third kappa shape index (κ3) is 5.10. The fourth-order valence-corrected chi connectivity index (χ4v) is 2.01. The zero-order valence-electron chi connectivity index (χ0n) is 13.5. The highest BCUT2D eigenvalue weighted by molar-refractivity contribution is 5.73. The summed E-state index contributed by atoms with van der Waals surface area (Å²) in [4.78, 5) is 15.8. The van der Waals surface area contributed by atoms with Crippen molar-refractivity contribution < 1.29 is 18.8 Å². The fraction of sp³-hybridized carbons (Fsp3) is 0.533. The summed E-state index contributed by atoms with van der Waals surface area (Å²) in [5.41, 5.74) is -1.26. The number of carbonyl (C=O) groups excluding carboxylic acids is 1. The highest BCUT2D eigenvalue weighted by Crippen LogP contribution is 2.21. The zero-order chi connectivity index (χ0) is 16.9. The molecule has 0 aliphatic carbocycles. The third-order valence-electron chi connectivity index (χ3n) is 3.29. The van der Waals surface area contributed by atoms with Gasteiger partial charge < -0.3 is 24.7 Å². The minimum Gasteiger partial charge on any atom is -0.463 e. The molecule has 0 radical (unpaired) electrons. The summed E-state index contributed by atoms with van der Waals surface area (Å²) in [6.45, 7) is 5.66. The van der Waals surface area contributed by atoms with Crippen molar-refractivity contribution in [2.45, 2.75) is 39.2 Å². The predicted octanol–water partition coefficient (Wildman–Crippen LogP) is 1.42. The van der Waals surface area contributed by atoms with Crippen molar-refractivity contribution in [2.75, 3.05) is 13.1 Å². The second-order valence-electron chi connectivity index (χ2n) is 5.63. The van der Waals surface area contributed by atoms with Gasteiger partial charge in [0.1, 0.15) is 17.1 Å². The Hall–Kier alpha value is -2.35. The van der Waals surface area contributed by atoms with Crippen molar-refractivity contribution in [3.05, 3.63) is 35.4 Å². The molecular weight excluding hydrogens is 300 g/mol. The largest absolute Gasteiger partial charge is 0.463 e. The quantitative estimate of drug-likeness (QED) is 0.664. The normalized spacial score (nSPS) is 13.6. The maximum atomic E-state index is 11.7. The van der Waals surface area contributed by atoms with Gasteiger partial charge in [-0.1, -0.05) is 5.16 Å². The van der Waals surface area contributed by atoms with Gasteiger partial charge in [0.05, 0.1) is 6.54 Å². The van der Waals surface area contributed by atoms with Gasteiger partial charge in [0.15, 0.2) is 5.82 Å². The number of furan rings is 1. The van der Waals surface area contributed by atoms with E-state index >= 15 is 0 Å². The first-order chi connectivity index (χ1) is 10.9. The number of aliphatic hydroxyl groups is 1. The maximum absolute atomic E-state index is 11.7. The molecule has 2 heterocycles. The van der Waals surface area contributed by atoms with Crippen LogP contribution < -0.4 is 10.6 Å². The Morgan fingerprint density at radius 2 is 2.13 bits per heavy atom. The van der Waals surface area contributed by atoms with E-state index in [1.54, 1.807) is 32.9 Å². The van der Waals surface area contributed by atoms with Crippen molar-refractivity contribution in [2.24, 2.45) is 0 Å². The minimum atomic E-state index is -1.26. The number of aromatic nitrogens is 2. The van der Waals surface area contributed by atoms with Crippen LogP contribution in [0.2, 0.25) is 0 Å². The SMILES string of the molecule is Cc1noc(CCCNC(=O)NC[C@](C)(O)c2ccc(C)o2)n1. The average molecular weight is 322 g/mol. The molecule has 0 aliphatic heterocycles. The molecule has 0 fully saturated rings. The number of aryl methyl sites for hydroxylation is 3. The number of amides is 2. The number of nitrogens with one attached hydrogen (secondary N) is 2. The van der Waals surface area contributed by atoms with Gasteiger partial charge >= 0.3 is 6.03 Å². The van der Waals surface area contributed by atoms with E-state index in [0.717, 1.165) is 0 Å². The Kier molecular flexibility index (Phi) is 5.38. The molecule has 0 bridgehead atoms. The van der Waals surface area contributed by atoms with E-state index in [2.05, 4.69) is 20.8 Å². The summed E-state index contributed by atoms with van der Waals surface area (Å²) in [6, 6.07) is 3.11. The van der Waals surface area contributed by atoms with E-state index in [1.807, 2.05) is 0 Å². The molecule has 0 spiro atoms. The Morgan fingerprint density at radius 3 is 2.74 bits per heavy atom. The van der Waals surface area contributed by atoms with Gasteiger partial charge in [-0.05, 0) is 39.3 Å². The van der Waals surface area contributed by atoms with Crippen LogP contribution in [0.15, 0.2) is 21.1 Å². The van der Waals surface area contributed by atoms with Gasteiger partial charge in [-0.2, -0.15) is 4.98 Å². The molecule has 0 saturated carbocycles. The monoisotopic (exact) mass is 322 g/mol. The van der Waals surface area contributed by atoms with E-state index in [1.165, 1.54) is 0 Å². The lowest BCUT2D eigenvalue weighted by atomic mass is 10.0. The van der Waals surface area contributed by atoms with Crippen LogP contribution >= 0.6 is 0 Å². The molecule has 1 atom stereocenters. The van der Waals surface area contributed by atoms with Gasteiger partial charge in [-0.3, -0.25) is 0 Å². The molecule has 23 heavy (non-hydrogen) atoms. The lowest BCUT2D eigenvalue weighted by Crippen LogP contribution is -2.43. The molecule has 2 rings (SSSR count). The summed E-state index contributed by atoms with van der Waals surface area (Å²) in [6.07, 6.45) is 1.29. The summed E-state index contributed by atoms with van der Waals surface area (Å²) < 4.78 is 10.4. The summed E-state index contributed by atoms with van der Waals surface area (Å²) >= 11 is 0. The van der Waals surface area contributed by atoms with Gasteiger partial charge in [-0.25, -0.2) is 4.79 Å². The van der Waals surface area contributed by atoms with Gasteiger partial charge in [0, 0.05) is 13.0 Å². The molecule has 0 saturated heterocycles. The standard InChI is InChI=1S/C15H22N4O4/c1-10-6-7-12(22-10)15(3,21)9-17-14(20)16-8-4-5-13-18-11(2)19-23-13/h6-7,21H,4-5,8-9H2,1-3H3,(H2,16,17,20)/t15-/m0/s1. The van der Waals surface area contributed by atoms with Crippen molar-refractivity contribution in [1.29, 1.82) is 0 Å². The molecule has 0 aliphatic rings. The van der Waals surface area contributed by atoms with Crippen LogP contribution in [-0.2, 0) is 12.0 Å². The molecule has 8 heteroatoms. The van der Waals surface area contributed by atoms with Crippen LogP contribution in [0.3, 0.4) is 0 Å². The Labute approximate surface area is 134 Å². The molecule has 8 nitrogen and oxygen atoms in total. The van der Waals surface area contributed by atoms with Crippen LogP contribution in [0.5, 0.6) is 0 Å². The molecule has 126 valence electrons. The molecule has 0 unspecified atom stereocenters.